The van der Waals surface area contributed by atoms with Crippen molar-refractivity contribution >= 4 is 11.8 Å². The van der Waals surface area contributed by atoms with Crippen LogP contribution in [0.3, 0.4) is 0 Å². The van der Waals surface area contributed by atoms with Crippen LogP contribution in [0.4, 0.5) is 0 Å². The Morgan fingerprint density at radius 3 is 2.67 bits per heavy atom. The predicted octanol–water partition coefficient (Wildman–Crippen LogP) is 3.37. The van der Waals surface area contributed by atoms with Crippen LogP contribution in [0.15, 0.2) is 33.6 Å². The Morgan fingerprint density at radius 2 is 2.06 bits per heavy atom. The average molecular weight is 264 g/mol. The third-order valence-electron chi connectivity index (χ3n) is 2.29. The van der Waals surface area contributed by atoms with Gasteiger partial charge < -0.3 is 9.52 Å². The molecule has 0 saturated heterocycles. The molecule has 4 nitrogen and oxygen atoms in total. The second-order valence-corrected chi connectivity index (χ2v) is 6.09. The van der Waals surface area contributed by atoms with Gasteiger partial charge in [0.25, 0.3) is 0 Å². The van der Waals surface area contributed by atoms with E-state index in [-0.39, 0.29) is 11.2 Å². The molecular formula is C13H16N2O2S. The molecule has 18 heavy (non-hydrogen) atoms. The van der Waals surface area contributed by atoms with E-state index in [1.165, 1.54) is 0 Å². The van der Waals surface area contributed by atoms with Crippen molar-refractivity contribution in [3.05, 3.63) is 36.0 Å². The van der Waals surface area contributed by atoms with Gasteiger partial charge in [0, 0.05) is 10.3 Å². The van der Waals surface area contributed by atoms with Gasteiger partial charge in [0.1, 0.15) is 5.75 Å². The van der Waals surface area contributed by atoms with Crippen molar-refractivity contribution in [3.8, 4) is 5.75 Å². The first kappa shape index (κ1) is 13.0. The number of hydrogen-bond donors (Lipinski definition) is 1. The SMILES string of the molecule is CC(C)(C)c1nnc(CSc2cccc(O)c2)o1. The van der Waals surface area contributed by atoms with E-state index in [1.54, 1.807) is 23.9 Å². The number of nitrogens with zero attached hydrogens (tertiary/aromatic N) is 2. The number of thioether (sulfide) groups is 1. The molecule has 0 saturated carbocycles. The molecule has 0 aliphatic rings. The van der Waals surface area contributed by atoms with Crippen LogP contribution in [0.1, 0.15) is 32.6 Å². The zero-order chi connectivity index (χ0) is 13.2. The second kappa shape index (κ2) is 5.02. The van der Waals surface area contributed by atoms with Crippen molar-refractivity contribution in [3.63, 3.8) is 0 Å². The van der Waals surface area contributed by atoms with Gasteiger partial charge in [-0.25, -0.2) is 0 Å². The summed E-state index contributed by atoms with van der Waals surface area (Å²) in [5, 5.41) is 17.4. The molecule has 2 rings (SSSR count). The molecule has 1 aromatic heterocycles. The number of phenols is 1. The zero-order valence-electron chi connectivity index (χ0n) is 10.7. The van der Waals surface area contributed by atoms with E-state index in [9.17, 15) is 5.11 Å². The van der Waals surface area contributed by atoms with Gasteiger partial charge in [-0.05, 0) is 18.2 Å². The molecular weight excluding hydrogens is 248 g/mol. The molecule has 0 unspecified atom stereocenters. The van der Waals surface area contributed by atoms with Crippen LogP contribution in [0.2, 0.25) is 0 Å². The van der Waals surface area contributed by atoms with E-state index < -0.39 is 0 Å². The maximum atomic E-state index is 9.36. The van der Waals surface area contributed by atoms with E-state index in [1.807, 2.05) is 32.9 Å². The first-order chi connectivity index (χ1) is 8.45. The zero-order valence-corrected chi connectivity index (χ0v) is 11.5. The van der Waals surface area contributed by atoms with Gasteiger partial charge in [0.05, 0.1) is 5.75 Å². The van der Waals surface area contributed by atoms with Crippen LogP contribution in [0.5, 0.6) is 5.75 Å². The maximum absolute atomic E-state index is 9.36. The lowest BCUT2D eigenvalue weighted by atomic mass is 9.97. The topological polar surface area (TPSA) is 59.2 Å². The molecule has 0 fully saturated rings. The van der Waals surface area contributed by atoms with Gasteiger partial charge in [-0.15, -0.1) is 22.0 Å². The first-order valence-electron chi connectivity index (χ1n) is 5.70. The van der Waals surface area contributed by atoms with E-state index in [0.717, 1.165) is 4.90 Å². The van der Waals surface area contributed by atoms with Gasteiger partial charge in [-0.2, -0.15) is 0 Å². The minimum Gasteiger partial charge on any atom is -0.508 e. The number of rotatable bonds is 3. The van der Waals surface area contributed by atoms with Crippen molar-refractivity contribution < 1.29 is 9.52 Å². The first-order valence-corrected chi connectivity index (χ1v) is 6.68. The monoisotopic (exact) mass is 264 g/mol. The Bertz CT molecular complexity index is 532. The normalized spacial score (nSPS) is 11.7. The summed E-state index contributed by atoms with van der Waals surface area (Å²) in [6.45, 7) is 6.10. The fraction of sp³-hybridized carbons (Fsp3) is 0.385. The van der Waals surface area contributed by atoms with E-state index in [4.69, 9.17) is 4.42 Å². The van der Waals surface area contributed by atoms with Crippen LogP contribution in [-0.4, -0.2) is 15.3 Å². The lowest BCUT2D eigenvalue weighted by Crippen LogP contribution is -2.11. The smallest absolute Gasteiger partial charge is 0.226 e. The highest BCUT2D eigenvalue weighted by molar-refractivity contribution is 7.98. The molecule has 0 bridgehead atoms. The molecule has 1 aromatic carbocycles. The summed E-state index contributed by atoms with van der Waals surface area (Å²) in [7, 11) is 0. The van der Waals surface area contributed by atoms with Gasteiger partial charge >= 0.3 is 0 Å². The molecule has 2 aromatic rings. The molecule has 96 valence electrons. The summed E-state index contributed by atoms with van der Waals surface area (Å²) in [4.78, 5) is 0.977. The van der Waals surface area contributed by atoms with Crippen LogP contribution in [0, 0.1) is 0 Å². The van der Waals surface area contributed by atoms with Crippen LogP contribution < -0.4 is 0 Å². The molecule has 1 heterocycles. The van der Waals surface area contributed by atoms with Crippen LogP contribution >= 0.6 is 11.8 Å². The quantitative estimate of drug-likeness (QED) is 0.861. The summed E-state index contributed by atoms with van der Waals surface area (Å²) in [5.74, 6) is 2.12. The predicted molar refractivity (Wildman–Crippen MR) is 70.7 cm³/mol. The summed E-state index contributed by atoms with van der Waals surface area (Å²) < 4.78 is 5.59. The molecule has 0 spiro atoms. The molecule has 0 aliphatic carbocycles. The average Bonchev–Trinajstić information content (AvgIpc) is 2.74. The van der Waals surface area contributed by atoms with Crippen molar-refractivity contribution in [1.82, 2.24) is 10.2 Å². The summed E-state index contributed by atoms with van der Waals surface area (Å²) >= 11 is 1.56. The van der Waals surface area contributed by atoms with Crippen molar-refractivity contribution in [1.29, 1.82) is 0 Å². The second-order valence-electron chi connectivity index (χ2n) is 5.04. The highest BCUT2D eigenvalue weighted by Gasteiger charge is 2.21. The Labute approximate surface area is 110 Å². The minimum atomic E-state index is -0.124. The van der Waals surface area contributed by atoms with Gasteiger partial charge in [0.2, 0.25) is 11.8 Å². The van der Waals surface area contributed by atoms with Crippen molar-refractivity contribution in [2.45, 2.75) is 36.8 Å². The molecule has 0 aliphatic heterocycles. The Morgan fingerprint density at radius 1 is 1.28 bits per heavy atom. The van der Waals surface area contributed by atoms with Crippen LogP contribution in [-0.2, 0) is 11.2 Å². The fourth-order valence-electron chi connectivity index (χ4n) is 1.33. The number of aromatic hydroxyl groups is 1. The molecule has 1 N–H and O–H groups in total. The minimum absolute atomic E-state index is 0.124. The van der Waals surface area contributed by atoms with Crippen molar-refractivity contribution in [2.75, 3.05) is 0 Å². The van der Waals surface area contributed by atoms with Gasteiger partial charge in [0.15, 0.2) is 0 Å². The highest BCUT2D eigenvalue weighted by atomic mass is 32.2. The Kier molecular flexibility index (Phi) is 3.61. The number of phenolic OH excluding ortho intramolecular Hbond substituents is 1. The lowest BCUT2D eigenvalue weighted by Gasteiger charge is -2.10. The Hall–Kier alpha value is -1.49. The third kappa shape index (κ3) is 3.26. The maximum Gasteiger partial charge on any atom is 0.226 e. The standard InChI is InChI=1S/C13H16N2O2S/c1-13(2,3)12-15-14-11(17-12)8-18-10-6-4-5-9(16)7-10/h4-7,16H,8H2,1-3H3. The van der Waals surface area contributed by atoms with Crippen molar-refractivity contribution in [2.24, 2.45) is 0 Å². The van der Waals surface area contributed by atoms with Gasteiger partial charge in [-0.3, -0.25) is 0 Å². The van der Waals surface area contributed by atoms with E-state index in [0.29, 0.717) is 17.5 Å². The van der Waals surface area contributed by atoms with Gasteiger partial charge in [-0.1, -0.05) is 26.8 Å². The summed E-state index contributed by atoms with van der Waals surface area (Å²) in [5.41, 5.74) is -0.124. The third-order valence-corrected chi connectivity index (χ3v) is 3.27. The molecule has 0 radical (unpaired) electrons. The van der Waals surface area contributed by atoms with Crippen LogP contribution in [0.25, 0.3) is 0 Å². The number of benzene rings is 1. The fourth-order valence-corrected chi connectivity index (χ4v) is 2.12. The van der Waals surface area contributed by atoms with E-state index in [2.05, 4.69) is 10.2 Å². The highest BCUT2D eigenvalue weighted by Crippen LogP contribution is 2.27. The summed E-state index contributed by atoms with van der Waals surface area (Å²) in [6.07, 6.45) is 0. The molecule has 5 heteroatoms. The number of aromatic nitrogens is 2. The largest absolute Gasteiger partial charge is 0.508 e. The Balaban J connectivity index is 2.01. The number of hydrogen-bond acceptors (Lipinski definition) is 5. The molecule has 0 atom stereocenters. The van der Waals surface area contributed by atoms with E-state index >= 15 is 0 Å². The molecule has 0 amide bonds. The lowest BCUT2D eigenvalue weighted by molar-refractivity contribution is 0.378. The summed E-state index contributed by atoms with van der Waals surface area (Å²) in [6, 6.07) is 7.11.